The number of ether oxygens (including phenoxy) is 2. The lowest BCUT2D eigenvalue weighted by molar-refractivity contribution is -0.126. The van der Waals surface area contributed by atoms with Crippen LogP contribution >= 0.6 is 22.9 Å². The van der Waals surface area contributed by atoms with Crippen LogP contribution < -0.4 is 4.74 Å². The molecule has 7 nitrogen and oxygen atoms in total. The highest BCUT2D eigenvalue weighted by molar-refractivity contribution is 7.89. The predicted molar refractivity (Wildman–Crippen MR) is 127 cm³/mol. The van der Waals surface area contributed by atoms with Gasteiger partial charge in [-0.05, 0) is 35.9 Å². The molecule has 0 atom stereocenters. The summed E-state index contributed by atoms with van der Waals surface area (Å²) in [5.74, 6) is 0.0330. The Hall–Kier alpha value is -2.17. The van der Waals surface area contributed by atoms with E-state index in [0.29, 0.717) is 36.2 Å². The average molecular weight is 497 g/mol. The number of rotatable bonds is 9. The molecule has 32 heavy (non-hydrogen) atoms. The molecule has 0 saturated carbocycles. The van der Waals surface area contributed by atoms with Crippen LogP contribution in [0.1, 0.15) is 10.4 Å². The number of benzene rings is 1. The zero-order chi connectivity index (χ0) is 23.1. The molecule has 0 aliphatic carbocycles. The van der Waals surface area contributed by atoms with Gasteiger partial charge in [0.05, 0.1) is 31.2 Å². The van der Waals surface area contributed by atoms with Gasteiger partial charge < -0.3 is 14.4 Å². The molecular formula is C22H25ClN2O5S2. The molecule has 1 aromatic heterocycles. The maximum absolute atomic E-state index is 13.1. The monoisotopic (exact) mass is 496 g/mol. The summed E-state index contributed by atoms with van der Waals surface area (Å²) in [6.45, 7) is 5.77. The molecule has 0 spiro atoms. The van der Waals surface area contributed by atoms with Gasteiger partial charge in [0.2, 0.25) is 15.9 Å². The summed E-state index contributed by atoms with van der Waals surface area (Å²) in [7, 11) is -2.33. The molecule has 1 aliphatic heterocycles. The predicted octanol–water partition coefficient (Wildman–Crippen LogP) is 3.66. The van der Waals surface area contributed by atoms with Gasteiger partial charge in [0.1, 0.15) is 10.6 Å². The second-order valence-electron chi connectivity index (χ2n) is 6.97. The highest BCUT2D eigenvalue weighted by atomic mass is 35.5. The SMILES string of the molecule is C=CCN(Cc1ccc(Cl)s1)C(=O)C=Cc1ccc(OC)c(S(=O)(=O)N2CCOCC2)c1. The fourth-order valence-electron chi connectivity index (χ4n) is 3.21. The average Bonchev–Trinajstić information content (AvgIpc) is 3.22. The van der Waals surface area contributed by atoms with Crippen molar-refractivity contribution in [2.45, 2.75) is 11.4 Å². The minimum atomic E-state index is -3.75. The molecule has 1 aromatic carbocycles. The first-order valence-electron chi connectivity index (χ1n) is 9.93. The molecular weight excluding hydrogens is 472 g/mol. The van der Waals surface area contributed by atoms with Crippen LogP contribution in [0.15, 0.2) is 54.0 Å². The standard InChI is InChI=1S/C22H25ClN2O5S2/c1-3-10-24(16-18-6-8-21(23)31-18)22(26)9-5-17-4-7-19(29-2)20(15-17)32(27,28)25-11-13-30-14-12-25/h3-9,15H,1,10-14,16H2,2H3. The maximum atomic E-state index is 13.1. The zero-order valence-corrected chi connectivity index (χ0v) is 20.1. The van der Waals surface area contributed by atoms with Gasteiger partial charge in [-0.2, -0.15) is 4.31 Å². The largest absolute Gasteiger partial charge is 0.495 e. The lowest BCUT2D eigenvalue weighted by Gasteiger charge is -2.26. The molecule has 1 saturated heterocycles. The van der Waals surface area contributed by atoms with E-state index in [9.17, 15) is 13.2 Å². The number of hydrogen-bond acceptors (Lipinski definition) is 6. The summed E-state index contributed by atoms with van der Waals surface area (Å²) in [5.41, 5.74) is 0.573. The number of amides is 1. The van der Waals surface area contributed by atoms with Gasteiger partial charge in [-0.25, -0.2) is 8.42 Å². The Morgan fingerprint density at radius 2 is 2.06 bits per heavy atom. The molecule has 0 radical (unpaired) electrons. The van der Waals surface area contributed by atoms with E-state index in [1.807, 2.05) is 6.07 Å². The van der Waals surface area contributed by atoms with Crippen molar-refractivity contribution in [2.24, 2.45) is 0 Å². The Balaban J connectivity index is 1.81. The Morgan fingerprint density at radius 3 is 2.69 bits per heavy atom. The second-order valence-corrected chi connectivity index (χ2v) is 10.7. The van der Waals surface area contributed by atoms with Crippen LogP contribution in [-0.2, 0) is 26.1 Å². The van der Waals surface area contributed by atoms with Crippen molar-refractivity contribution in [2.75, 3.05) is 40.0 Å². The minimum absolute atomic E-state index is 0.0627. The molecule has 0 unspecified atom stereocenters. The van der Waals surface area contributed by atoms with Crippen molar-refractivity contribution < 1.29 is 22.7 Å². The van der Waals surface area contributed by atoms with Crippen molar-refractivity contribution in [1.82, 2.24) is 9.21 Å². The van der Waals surface area contributed by atoms with Gasteiger partial charge >= 0.3 is 0 Å². The number of methoxy groups -OCH3 is 1. The van der Waals surface area contributed by atoms with Crippen LogP contribution in [0.2, 0.25) is 4.34 Å². The highest BCUT2D eigenvalue weighted by Crippen LogP contribution is 2.29. The number of carbonyl (C=O) groups is 1. The van der Waals surface area contributed by atoms with Gasteiger partial charge in [0.15, 0.2) is 0 Å². The van der Waals surface area contributed by atoms with Crippen molar-refractivity contribution in [1.29, 1.82) is 0 Å². The number of carbonyl (C=O) groups excluding carboxylic acids is 1. The third-order valence-corrected chi connectivity index (χ3v) is 7.97. The molecule has 1 aliphatic rings. The summed E-state index contributed by atoms with van der Waals surface area (Å²) in [6.07, 6.45) is 4.67. The van der Waals surface area contributed by atoms with E-state index in [2.05, 4.69) is 6.58 Å². The first kappa shape index (κ1) is 24.5. The molecule has 1 amide bonds. The van der Waals surface area contributed by atoms with Crippen molar-refractivity contribution in [3.63, 3.8) is 0 Å². The highest BCUT2D eigenvalue weighted by Gasteiger charge is 2.29. The lowest BCUT2D eigenvalue weighted by atomic mass is 10.2. The number of halogens is 1. The first-order chi connectivity index (χ1) is 15.3. The molecule has 0 bridgehead atoms. The fraction of sp³-hybridized carbons (Fsp3) is 0.318. The Morgan fingerprint density at radius 1 is 1.31 bits per heavy atom. The Kier molecular flexibility index (Phi) is 8.50. The number of hydrogen-bond donors (Lipinski definition) is 0. The summed E-state index contributed by atoms with van der Waals surface area (Å²) in [5, 5.41) is 0. The molecule has 1 fully saturated rings. The summed E-state index contributed by atoms with van der Waals surface area (Å²) < 4.78 is 38.8. The summed E-state index contributed by atoms with van der Waals surface area (Å²) in [6, 6.07) is 8.49. The first-order valence-corrected chi connectivity index (χ1v) is 12.6. The van der Waals surface area contributed by atoms with Crippen molar-refractivity contribution in [3.8, 4) is 5.75 Å². The van der Waals surface area contributed by atoms with Gasteiger partial charge in [-0.15, -0.1) is 17.9 Å². The van der Waals surface area contributed by atoms with Gasteiger partial charge in [-0.3, -0.25) is 4.79 Å². The number of nitrogens with zero attached hydrogens (tertiary/aromatic N) is 2. The normalized spacial score (nSPS) is 15.1. The summed E-state index contributed by atoms with van der Waals surface area (Å²) in [4.78, 5) is 15.4. The van der Waals surface area contributed by atoms with E-state index in [1.54, 1.807) is 35.3 Å². The van der Waals surface area contributed by atoms with Crippen LogP contribution in [0, 0.1) is 0 Å². The van der Waals surface area contributed by atoms with Crippen LogP contribution in [0.25, 0.3) is 6.08 Å². The van der Waals surface area contributed by atoms with Crippen LogP contribution in [0.4, 0.5) is 0 Å². The van der Waals surface area contributed by atoms with E-state index in [4.69, 9.17) is 21.1 Å². The molecule has 2 aromatic rings. The van der Waals surface area contributed by atoms with E-state index in [-0.39, 0.29) is 29.6 Å². The molecule has 0 N–H and O–H groups in total. The van der Waals surface area contributed by atoms with Gasteiger partial charge in [0, 0.05) is 30.6 Å². The quantitative estimate of drug-likeness (QED) is 0.391. The number of thiophene rings is 1. The Labute approximate surface area is 197 Å². The van der Waals surface area contributed by atoms with E-state index in [1.165, 1.54) is 34.9 Å². The maximum Gasteiger partial charge on any atom is 0.247 e. The van der Waals surface area contributed by atoms with Crippen LogP contribution in [0.3, 0.4) is 0 Å². The zero-order valence-electron chi connectivity index (χ0n) is 17.7. The number of sulfonamides is 1. The third-order valence-electron chi connectivity index (χ3n) is 4.83. The fourth-order valence-corrected chi connectivity index (χ4v) is 5.91. The van der Waals surface area contributed by atoms with Crippen LogP contribution in [0.5, 0.6) is 5.75 Å². The van der Waals surface area contributed by atoms with Crippen LogP contribution in [-0.4, -0.2) is 63.5 Å². The van der Waals surface area contributed by atoms with Gasteiger partial charge in [0.25, 0.3) is 0 Å². The number of morpholine rings is 1. The minimum Gasteiger partial charge on any atom is -0.495 e. The molecule has 10 heteroatoms. The van der Waals surface area contributed by atoms with E-state index < -0.39 is 10.0 Å². The van der Waals surface area contributed by atoms with E-state index in [0.717, 1.165) is 4.88 Å². The lowest BCUT2D eigenvalue weighted by Crippen LogP contribution is -2.40. The molecule has 172 valence electrons. The topological polar surface area (TPSA) is 76.2 Å². The smallest absolute Gasteiger partial charge is 0.247 e. The third kappa shape index (κ3) is 5.99. The Bertz CT molecular complexity index is 1090. The molecule has 2 heterocycles. The molecule has 3 rings (SSSR count). The van der Waals surface area contributed by atoms with Gasteiger partial charge in [-0.1, -0.05) is 23.7 Å². The van der Waals surface area contributed by atoms with Crippen molar-refractivity contribution >= 4 is 44.9 Å². The van der Waals surface area contributed by atoms with E-state index >= 15 is 0 Å². The van der Waals surface area contributed by atoms with Crippen molar-refractivity contribution in [3.05, 3.63) is 63.8 Å². The second kappa shape index (κ2) is 11.1. The summed E-state index contributed by atoms with van der Waals surface area (Å²) >= 11 is 7.40.